The molecule has 0 amide bonds. The van der Waals surface area contributed by atoms with Crippen LogP contribution in [0.4, 0.5) is 4.39 Å². The van der Waals surface area contributed by atoms with Crippen molar-refractivity contribution in [2.45, 2.75) is 0 Å². The van der Waals surface area contributed by atoms with Crippen LogP contribution in [0.2, 0.25) is 0 Å². The molecule has 0 spiro atoms. The van der Waals surface area contributed by atoms with Crippen LogP contribution < -0.4 is 0 Å². The molecule has 0 aromatic heterocycles. The van der Waals surface area contributed by atoms with E-state index in [4.69, 9.17) is 0 Å². The summed E-state index contributed by atoms with van der Waals surface area (Å²) in [5.41, 5.74) is 5.20. The van der Waals surface area contributed by atoms with Crippen LogP contribution in [0, 0.1) is 0 Å². The first-order chi connectivity index (χ1) is 4.22. The molecule has 9 heavy (non-hydrogen) atoms. The highest BCUT2D eigenvalue weighted by Crippen LogP contribution is 2.27. The molecule has 46 valence electrons. The van der Waals surface area contributed by atoms with Gasteiger partial charge in [-0.25, -0.2) is 4.39 Å². The number of allylic oxidation sites excluding steroid dienone is 4. The number of hydrogen-bond acceptors (Lipinski definition) is 0. The third kappa shape index (κ3) is 1.55. The first-order valence-electron chi connectivity index (χ1n) is 2.14. The summed E-state index contributed by atoms with van der Waals surface area (Å²) in [6.07, 6.45) is 1.54. The van der Waals surface area contributed by atoms with Crippen molar-refractivity contribution in [3.63, 3.8) is 0 Å². The maximum absolute atomic E-state index is 12.6. The smallest absolute Gasteiger partial charge is 0.159 e. The van der Waals surface area contributed by atoms with Gasteiger partial charge in [0.2, 0.25) is 0 Å². The summed E-state index contributed by atoms with van der Waals surface area (Å²) < 4.78 is 13.5. The van der Waals surface area contributed by atoms with Gasteiger partial charge >= 0.3 is 0 Å². The van der Waals surface area contributed by atoms with E-state index in [9.17, 15) is 4.39 Å². The Bertz CT molecular complexity index is 265. The highest BCUT2D eigenvalue weighted by Gasteiger charge is 2.05. The Morgan fingerprint density at radius 3 is 2.78 bits per heavy atom. The van der Waals surface area contributed by atoms with Crippen molar-refractivity contribution in [2.24, 2.45) is 0 Å². The molecule has 1 rings (SSSR count). The van der Waals surface area contributed by atoms with Crippen molar-refractivity contribution in [1.29, 1.82) is 0 Å². The molecule has 0 aliphatic heterocycles. The highest BCUT2D eigenvalue weighted by molar-refractivity contribution is 14.1. The lowest BCUT2D eigenvalue weighted by molar-refractivity contribution is 0.663. The third-order valence-electron chi connectivity index (χ3n) is 0.783. The Hall–Kier alpha value is 0.180. The van der Waals surface area contributed by atoms with Gasteiger partial charge in [0.05, 0.1) is 3.58 Å². The molecule has 0 unspecified atom stereocenters. The molecular weight excluding hydrogens is 298 g/mol. The molecule has 0 fully saturated rings. The fraction of sp³-hybridized carbons (Fsp3) is 0. The molecule has 0 aromatic rings. The minimum atomic E-state index is -0.269. The van der Waals surface area contributed by atoms with Gasteiger partial charge in [-0.15, -0.1) is 0 Å². The van der Waals surface area contributed by atoms with Crippen molar-refractivity contribution in [1.82, 2.24) is 0 Å². The van der Waals surface area contributed by atoms with E-state index in [2.05, 4.69) is 27.4 Å². The third-order valence-corrected chi connectivity index (χ3v) is 2.11. The van der Waals surface area contributed by atoms with E-state index >= 15 is 0 Å². The van der Waals surface area contributed by atoms with E-state index in [-0.39, 0.29) is 5.83 Å². The molecule has 0 heterocycles. The highest BCUT2D eigenvalue weighted by atomic mass is 127. The van der Waals surface area contributed by atoms with Gasteiger partial charge in [-0.1, -0.05) is 11.5 Å². The maximum Gasteiger partial charge on any atom is 0.159 e. The van der Waals surface area contributed by atoms with Gasteiger partial charge in [-0.2, -0.15) is 0 Å². The van der Waals surface area contributed by atoms with Crippen LogP contribution in [0.25, 0.3) is 0 Å². The zero-order chi connectivity index (χ0) is 6.85. The standard InChI is InChI=1S/C6HBrFI/c7-4-2-1-3-5(9)6(4)8/h3H. The molecule has 3 heteroatoms. The molecule has 0 saturated heterocycles. The second-order valence-electron chi connectivity index (χ2n) is 1.39. The molecule has 0 atom stereocenters. The van der Waals surface area contributed by atoms with Gasteiger partial charge in [0, 0.05) is 6.08 Å². The first-order valence-corrected chi connectivity index (χ1v) is 4.02. The summed E-state index contributed by atoms with van der Waals surface area (Å²) in [7, 11) is 0. The van der Waals surface area contributed by atoms with Gasteiger partial charge < -0.3 is 0 Å². The van der Waals surface area contributed by atoms with Gasteiger partial charge in [-0.3, -0.25) is 0 Å². The Kier molecular flexibility index (Phi) is 2.30. The van der Waals surface area contributed by atoms with E-state index in [1.54, 1.807) is 6.08 Å². The Labute approximate surface area is 74.1 Å². The fourth-order valence-electron chi connectivity index (χ4n) is 0.386. The fourth-order valence-corrected chi connectivity index (χ4v) is 1.51. The van der Waals surface area contributed by atoms with Gasteiger partial charge in [0.25, 0.3) is 0 Å². The summed E-state index contributed by atoms with van der Waals surface area (Å²) in [6, 6.07) is 0. The lowest BCUT2D eigenvalue weighted by Gasteiger charge is -1.94. The van der Waals surface area contributed by atoms with Crippen LogP contribution in [-0.4, -0.2) is 0 Å². The monoisotopic (exact) mass is 298 g/mol. The Balaban J connectivity index is 3.22. The van der Waals surface area contributed by atoms with Crippen LogP contribution in [0.1, 0.15) is 0 Å². The van der Waals surface area contributed by atoms with E-state index < -0.39 is 0 Å². The van der Waals surface area contributed by atoms with Crippen LogP contribution in [-0.2, 0) is 0 Å². The quantitative estimate of drug-likeness (QED) is 0.476. The second-order valence-corrected chi connectivity index (χ2v) is 3.34. The zero-order valence-electron chi connectivity index (χ0n) is 4.21. The van der Waals surface area contributed by atoms with E-state index in [0.717, 1.165) is 0 Å². The average molecular weight is 299 g/mol. The normalized spacial score (nSPS) is 16.6. The van der Waals surface area contributed by atoms with Crippen molar-refractivity contribution < 1.29 is 4.39 Å². The van der Waals surface area contributed by atoms with Crippen LogP contribution in [0.5, 0.6) is 0 Å². The predicted molar refractivity (Wildman–Crippen MR) is 46.2 cm³/mol. The summed E-state index contributed by atoms with van der Waals surface area (Å²) in [5.74, 6) is -0.269. The van der Waals surface area contributed by atoms with Gasteiger partial charge in [-0.05, 0) is 38.5 Å². The second kappa shape index (κ2) is 2.84. The summed E-state index contributed by atoms with van der Waals surface area (Å²) >= 11 is 4.87. The van der Waals surface area contributed by atoms with E-state index in [1.165, 1.54) is 0 Å². The van der Waals surface area contributed by atoms with Crippen LogP contribution in [0.3, 0.4) is 0 Å². The molecule has 0 nitrogen and oxygen atoms in total. The van der Waals surface area contributed by atoms with Crippen molar-refractivity contribution >= 4 is 38.5 Å². The molecular formula is C6HBrFI. The summed E-state index contributed by atoms with van der Waals surface area (Å²) in [5, 5.41) is 0. The average Bonchev–Trinajstić information content (AvgIpc) is 1.83. The predicted octanol–water partition coefficient (Wildman–Crippen LogP) is 3.21. The largest absolute Gasteiger partial charge is 0.204 e. The summed E-state index contributed by atoms with van der Waals surface area (Å²) in [6.45, 7) is 0. The van der Waals surface area contributed by atoms with Crippen molar-refractivity contribution in [2.75, 3.05) is 0 Å². The molecule has 0 bridgehead atoms. The van der Waals surface area contributed by atoms with E-state index in [0.29, 0.717) is 8.06 Å². The van der Waals surface area contributed by atoms with Gasteiger partial charge in [0.1, 0.15) is 4.48 Å². The zero-order valence-corrected chi connectivity index (χ0v) is 7.95. The van der Waals surface area contributed by atoms with Crippen molar-refractivity contribution in [3.05, 3.63) is 31.4 Å². The topological polar surface area (TPSA) is 0 Å². The first kappa shape index (κ1) is 7.29. The lowest BCUT2D eigenvalue weighted by atomic mass is 10.4. The number of rotatable bonds is 0. The Morgan fingerprint density at radius 1 is 1.67 bits per heavy atom. The van der Waals surface area contributed by atoms with Crippen LogP contribution >= 0.6 is 38.5 Å². The van der Waals surface area contributed by atoms with Crippen LogP contribution in [0.15, 0.2) is 31.4 Å². The molecule has 0 radical (unpaired) electrons. The number of hydrogen-bond donors (Lipinski definition) is 0. The minimum absolute atomic E-state index is 0.269. The van der Waals surface area contributed by atoms with E-state index in [1.807, 2.05) is 22.6 Å². The molecule has 0 aromatic carbocycles. The molecule has 1 aliphatic rings. The molecule has 0 N–H and O–H groups in total. The maximum atomic E-state index is 12.6. The Morgan fingerprint density at radius 2 is 2.33 bits per heavy atom. The lowest BCUT2D eigenvalue weighted by Crippen LogP contribution is -1.76. The minimum Gasteiger partial charge on any atom is -0.204 e. The van der Waals surface area contributed by atoms with Gasteiger partial charge in [0.15, 0.2) is 5.83 Å². The molecule has 1 aliphatic carbocycles. The SMILES string of the molecule is FC1=C(I)C=C=C=C1Br. The van der Waals surface area contributed by atoms with Crippen molar-refractivity contribution in [3.8, 4) is 0 Å². The number of halogens is 3. The molecule has 0 saturated carbocycles. The summed E-state index contributed by atoms with van der Waals surface area (Å²) in [4.78, 5) is 0.